The van der Waals surface area contributed by atoms with E-state index in [0.29, 0.717) is 26.4 Å². The second kappa shape index (κ2) is 6.65. The van der Waals surface area contributed by atoms with Gasteiger partial charge >= 0.3 is 0 Å². The van der Waals surface area contributed by atoms with E-state index in [0.717, 1.165) is 11.1 Å². The Kier molecular flexibility index (Phi) is 4.37. The number of ether oxygens (including phenoxy) is 4. The fourth-order valence-corrected chi connectivity index (χ4v) is 3.07. The van der Waals surface area contributed by atoms with Gasteiger partial charge in [-0.25, -0.2) is 0 Å². The topological polar surface area (TPSA) is 36.9 Å². The molecule has 0 aliphatic carbocycles. The summed E-state index contributed by atoms with van der Waals surface area (Å²) in [6.45, 7) is 4.38. The third-order valence-corrected chi connectivity index (χ3v) is 4.58. The molecule has 2 aromatic rings. The van der Waals surface area contributed by atoms with Crippen molar-refractivity contribution in [2.75, 3.05) is 26.4 Å². The Morgan fingerprint density at radius 1 is 0.667 bits per heavy atom. The van der Waals surface area contributed by atoms with Crippen LogP contribution >= 0.6 is 0 Å². The van der Waals surface area contributed by atoms with Crippen LogP contribution in [0, 0.1) is 12.3 Å². The van der Waals surface area contributed by atoms with Crippen LogP contribution < -0.4 is 0 Å². The lowest BCUT2D eigenvalue weighted by molar-refractivity contribution is -0.307. The predicted octanol–water partition coefficient (Wildman–Crippen LogP) is 3.77. The van der Waals surface area contributed by atoms with Crippen molar-refractivity contribution >= 4 is 0 Å². The maximum atomic E-state index is 5.96. The van der Waals surface area contributed by atoms with Crippen molar-refractivity contribution in [2.45, 2.75) is 19.5 Å². The monoisotopic (exact) mass is 326 g/mol. The van der Waals surface area contributed by atoms with Crippen LogP contribution in [0.25, 0.3) is 0 Å². The molecule has 2 saturated heterocycles. The summed E-state index contributed by atoms with van der Waals surface area (Å²) in [5.74, 6) is 0. The summed E-state index contributed by atoms with van der Waals surface area (Å²) in [4.78, 5) is 0. The molecule has 1 spiro atoms. The lowest BCUT2D eigenvalue weighted by Crippen LogP contribution is -2.49. The minimum atomic E-state index is -0.303. The Labute approximate surface area is 142 Å². The number of hydrogen-bond acceptors (Lipinski definition) is 4. The van der Waals surface area contributed by atoms with E-state index in [1.165, 1.54) is 5.56 Å². The fraction of sp³-hybridized carbons (Fsp3) is 0.400. The highest BCUT2D eigenvalue weighted by molar-refractivity contribution is 5.22. The lowest BCUT2D eigenvalue weighted by atomic mass is 9.90. The molecule has 0 N–H and O–H groups in total. The molecule has 0 aromatic heterocycles. The molecule has 0 saturated carbocycles. The minimum Gasteiger partial charge on any atom is -0.348 e. The molecule has 2 aromatic carbocycles. The largest absolute Gasteiger partial charge is 0.348 e. The van der Waals surface area contributed by atoms with Crippen molar-refractivity contribution < 1.29 is 18.9 Å². The smallest absolute Gasteiger partial charge is 0.183 e. The van der Waals surface area contributed by atoms with Crippen molar-refractivity contribution in [3.63, 3.8) is 0 Å². The molecule has 2 aliphatic rings. The van der Waals surface area contributed by atoms with Crippen molar-refractivity contribution in [3.8, 4) is 0 Å². The summed E-state index contributed by atoms with van der Waals surface area (Å²) >= 11 is 0. The van der Waals surface area contributed by atoms with Crippen LogP contribution in [0.4, 0.5) is 0 Å². The molecule has 0 amide bonds. The van der Waals surface area contributed by atoms with Gasteiger partial charge < -0.3 is 18.9 Å². The van der Waals surface area contributed by atoms with Crippen LogP contribution in [0.15, 0.2) is 54.6 Å². The van der Waals surface area contributed by atoms with Crippen molar-refractivity contribution in [3.05, 3.63) is 71.3 Å². The average molecular weight is 326 g/mol. The molecule has 0 unspecified atom stereocenters. The van der Waals surface area contributed by atoms with Crippen LogP contribution in [0.2, 0.25) is 0 Å². The number of benzene rings is 2. The highest BCUT2D eigenvalue weighted by Crippen LogP contribution is 2.37. The second-order valence-electron chi connectivity index (χ2n) is 6.73. The van der Waals surface area contributed by atoms with Gasteiger partial charge in [0.1, 0.15) is 0 Å². The van der Waals surface area contributed by atoms with E-state index in [4.69, 9.17) is 18.9 Å². The summed E-state index contributed by atoms with van der Waals surface area (Å²) in [5.41, 5.74) is 3.11. The number of rotatable bonds is 2. The standard InChI is InChI=1S/C20H22O4/c1-15-7-9-17(10-8-15)19-23-13-20(14-24-19)11-21-18(22-12-20)16-5-3-2-4-6-16/h2-10,18-19H,11-14H2,1H3. The first-order valence-electron chi connectivity index (χ1n) is 8.32. The molecule has 2 aliphatic heterocycles. The van der Waals surface area contributed by atoms with E-state index in [1.54, 1.807) is 0 Å². The maximum Gasteiger partial charge on any atom is 0.183 e. The summed E-state index contributed by atoms with van der Waals surface area (Å²) in [7, 11) is 0. The molecule has 4 rings (SSSR count). The fourth-order valence-electron chi connectivity index (χ4n) is 3.07. The minimum absolute atomic E-state index is 0.216. The maximum absolute atomic E-state index is 5.96. The van der Waals surface area contributed by atoms with E-state index < -0.39 is 0 Å². The third-order valence-electron chi connectivity index (χ3n) is 4.58. The molecule has 4 heteroatoms. The van der Waals surface area contributed by atoms with Crippen molar-refractivity contribution in [2.24, 2.45) is 5.41 Å². The van der Waals surface area contributed by atoms with Gasteiger partial charge in [-0.15, -0.1) is 0 Å². The molecule has 0 atom stereocenters. The molecule has 24 heavy (non-hydrogen) atoms. The number of aryl methyl sites for hydroxylation is 1. The molecule has 4 nitrogen and oxygen atoms in total. The van der Waals surface area contributed by atoms with Gasteiger partial charge in [0.15, 0.2) is 12.6 Å². The van der Waals surface area contributed by atoms with E-state index in [1.807, 2.05) is 30.3 Å². The molecular formula is C20H22O4. The number of hydrogen-bond donors (Lipinski definition) is 0. The van der Waals surface area contributed by atoms with Gasteiger partial charge in [-0.05, 0) is 6.92 Å². The van der Waals surface area contributed by atoms with Gasteiger partial charge in [0.25, 0.3) is 0 Å². The Hall–Kier alpha value is -1.72. The van der Waals surface area contributed by atoms with Crippen LogP contribution in [0.3, 0.4) is 0 Å². The van der Waals surface area contributed by atoms with Gasteiger partial charge in [0.2, 0.25) is 0 Å². The summed E-state index contributed by atoms with van der Waals surface area (Å²) < 4.78 is 23.8. The Bertz CT molecular complexity index is 650. The first kappa shape index (κ1) is 15.8. The van der Waals surface area contributed by atoms with Crippen LogP contribution in [-0.4, -0.2) is 26.4 Å². The first-order chi connectivity index (χ1) is 11.7. The zero-order valence-electron chi connectivity index (χ0n) is 13.8. The van der Waals surface area contributed by atoms with Gasteiger partial charge in [0.05, 0.1) is 31.8 Å². The van der Waals surface area contributed by atoms with E-state index in [-0.39, 0.29) is 18.0 Å². The second-order valence-corrected chi connectivity index (χ2v) is 6.73. The first-order valence-corrected chi connectivity index (χ1v) is 8.32. The third kappa shape index (κ3) is 3.23. The molecule has 2 heterocycles. The zero-order valence-corrected chi connectivity index (χ0v) is 13.8. The molecule has 126 valence electrons. The molecular weight excluding hydrogens is 304 g/mol. The van der Waals surface area contributed by atoms with Crippen LogP contribution in [0.5, 0.6) is 0 Å². The van der Waals surface area contributed by atoms with E-state index in [9.17, 15) is 0 Å². The van der Waals surface area contributed by atoms with Crippen molar-refractivity contribution in [1.82, 2.24) is 0 Å². The van der Waals surface area contributed by atoms with E-state index >= 15 is 0 Å². The van der Waals surface area contributed by atoms with Crippen LogP contribution in [0.1, 0.15) is 29.3 Å². The highest BCUT2D eigenvalue weighted by atomic mass is 16.7. The Morgan fingerprint density at radius 2 is 1.12 bits per heavy atom. The predicted molar refractivity (Wildman–Crippen MR) is 89.3 cm³/mol. The summed E-state index contributed by atoms with van der Waals surface area (Å²) in [6, 6.07) is 18.3. The SMILES string of the molecule is Cc1ccc(C2OCC3(COC(c4ccccc4)OC3)CO2)cc1. The zero-order chi connectivity index (χ0) is 16.4. The quantitative estimate of drug-likeness (QED) is 0.842. The molecule has 2 fully saturated rings. The van der Waals surface area contributed by atoms with Crippen LogP contribution in [-0.2, 0) is 18.9 Å². The summed E-state index contributed by atoms with van der Waals surface area (Å²) in [5, 5.41) is 0. The highest BCUT2D eigenvalue weighted by Gasteiger charge is 2.42. The van der Waals surface area contributed by atoms with Gasteiger partial charge in [-0.1, -0.05) is 60.2 Å². The van der Waals surface area contributed by atoms with Gasteiger partial charge in [-0.3, -0.25) is 0 Å². The average Bonchev–Trinajstić information content (AvgIpc) is 2.65. The molecule has 0 bridgehead atoms. The van der Waals surface area contributed by atoms with Gasteiger partial charge in [0, 0.05) is 11.1 Å². The Morgan fingerprint density at radius 3 is 1.62 bits per heavy atom. The molecule has 0 radical (unpaired) electrons. The summed E-state index contributed by atoms with van der Waals surface area (Å²) in [6.07, 6.45) is -0.602. The van der Waals surface area contributed by atoms with Crippen molar-refractivity contribution in [1.29, 1.82) is 0 Å². The van der Waals surface area contributed by atoms with Gasteiger partial charge in [-0.2, -0.15) is 0 Å². The normalized spacial score (nSPS) is 30.4. The lowest BCUT2D eigenvalue weighted by Gasteiger charge is -2.43. The Balaban J connectivity index is 1.35. The van der Waals surface area contributed by atoms with E-state index in [2.05, 4.69) is 31.2 Å².